The number of hydrogen-bond acceptors (Lipinski definition) is 5. The summed E-state index contributed by atoms with van der Waals surface area (Å²) in [6.45, 7) is 11.8. The van der Waals surface area contributed by atoms with Gasteiger partial charge in [-0.25, -0.2) is 15.0 Å². The van der Waals surface area contributed by atoms with Gasteiger partial charge in [-0.05, 0) is 25.0 Å². The summed E-state index contributed by atoms with van der Waals surface area (Å²) in [7, 11) is 0. The van der Waals surface area contributed by atoms with E-state index in [1.54, 1.807) is 0 Å². The number of anilines is 1. The van der Waals surface area contributed by atoms with Crippen LogP contribution in [-0.2, 0) is 6.54 Å². The molecule has 0 amide bonds. The number of piperazine rings is 1. The zero-order valence-electron chi connectivity index (χ0n) is 18.3. The topological polar surface area (TPSA) is 68.7 Å². The Bertz CT molecular complexity index is 753. The third-order valence-electron chi connectivity index (χ3n) is 5.29. The van der Waals surface area contributed by atoms with Gasteiger partial charge in [-0.15, -0.1) is 0 Å². The van der Waals surface area contributed by atoms with E-state index in [-0.39, 0.29) is 0 Å². The minimum Gasteiger partial charge on any atom is -0.356 e. The maximum atomic E-state index is 4.78. The van der Waals surface area contributed by atoms with Crippen LogP contribution in [0.4, 0.5) is 5.95 Å². The maximum absolute atomic E-state index is 4.78. The lowest BCUT2D eigenvalue weighted by Crippen LogP contribution is -2.49. The van der Waals surface area contributed by atoms with Crippen LogP contribution in [0.2, 0.25) is 0 Å². The van der Waals surface area contributed by atoms with Crippen LogP contribution in [-0.4, -0.2) is 66.6 Å². The molecule has 1 fully saturated rings. The van der Waals surface area contributed by atoms with Gasteiger partial charge in [0.15, 0.2) is 5.96 Å². The number of aryl methyl sites for hydroxylation is 1. The van der Waals surface area contributed by atoms with E-state index in [9.17, 15) is 0 Å². The number of nitrogens with one attached hydrogen (secondary N) is 2. The van der Waals surface area contributed by atoms with Gasteiger partial charge in [-0.2, -0.15) is 0 Å². The highest BCUT2D eigenvalue weighted by Crippen LogP contribution is 2.09. The molecule has 1 saturated heterocycles. The van der Waals surface area contributed by atoms with Crippen molar-refractivity contribution in [2.75, 3.05) is 50.7 Å². The summed E-state index contributed by atoms with van der Waals surface area (Å²) in [4.78, 5) is 18.2. The molecule has 1 aromatic heterocycles. The van der Waals surface area contributed by atoms with Crippen molar-refractivity contribution in [1.29, 1.82) is 0 Å². The fourth-order valence-corrected chi connectivity index (χ4v) is 3.38. The quantitative estimate of drug-likeness (QED) is 0.377. The summed E-state index contributed by atoms with van der Waals surface area (Å²) in [5.41, 5.74) is 2.51. The average Bonchev–Trinajstić information content (AvgIpc) is 2.79. The molecule has 1 aliphatic heterocycles. The van der Waals surface area contributed by atoms with Crippen LogP contribution in [0.5, 0.6) is 0 Å². The zero-order chi connectivity index (χ0) is 21.0. The predicted molar refractivity (Wildman–Crippen MR) is 124 cm³/mol. The second kappa shape index (κ2) is 12.1. The van der Waals surface area contributed by atoms with Gasteiger partial charge < -0.3 is 15.5 Å². The van der Waals surface area contributed by atoms with Crippen LogP contribution in [0.15, 0.2) is 47.7 Å². The van der Waals surface area contributed by atoms with Gasteiger partial charge >= 0.3 is 0 Å². The van der Waals surface area contributed by atoms with Gasteiger partial charge in [0.2, 0.25) is 5.95 Å². The van der Waals surface area contributed by atoms with Gasteiger partial charge in [-0.1, -0.05) is 43.2 Å². The Labute approximate surface area is 180 Å². The fourth-order valence-electron chi connectivity index (χ4n) is 3.38. The molecule has 3 rings (SSSR count). The number of nitrogens with zero attached hydrogens (tertiary/aromatic N) is 5. The predicted octanol–water partition coefficient (Wildman–Crippen LogP) is 2.44. The first-order chi connectivity index (χ1) is 14.7. The lowest BCUT2D eigenvalue weighted by Gasteiger charge is -2.34. The van der Waals surface area contributed by atoms with Crippen LogP contribution in [0, 0.1) is 6.92 Å². The Morgan fingerprint density at radius 2 is 1.70 bits per heavy atom. The average molecular weight is 410 g/mol. The van der Waals surface area contributed by atoms with Crippen molar-refractivity contribution >= 4 is 11.9 Å². The molecule has 7 heteroatoms. The van der Waals surface area contributed by atoms with Crippen molar-refractivity contribution in [3.05, 3.63) is 53.9 Å². The van der Waals surface area contributed by atoms with Crippen molar-refractivity contribution in [1.82, 2.24) is 25.5 Å². The van der Waals surface area contributed by atoms with Gasteiger partial charge in [0.05, 0.1) is 6.54 Å². The Kier molecular flexibility index (Phi) is 8.90. The molecule has 0 atom stereocenters. The molecule has 1 aromatic carbocycles. The molecule has 0 radical (unpaired) electrons. The summed E-state index contributed by atoms with van der Waals surface area (Å²) < 4.78 is 0. The largest absolute Gasteiger partial charge is 0.356 e. The lowest BCUT2D eigenvalue weighted by molar-refractivity contribution is 0.260. The highest BCUT2D eigenvalue weighted by Gasteiger charge is 2.18. The third kappa shape index (κ3) is 7.30. The first-order valence-electron chi connectivity index (χ1n) is 11.1. The first-order valence-corrected chi connectivity index (χ1v) is 11.1. The first kappa shape index (κ1) is 22.0. The standard InChI is InChI=1S/C23H35N7/c1-3-4-10-24-22(28-19-21-8-6-20(2)7-9-21)25-13-14-29-15-17-30(18-16-29)23-26-11-5-12-27-23/h5-9,11-12H,3-4,10,13-19H2,1-2H3,(H2,24,25,28). The molecule has 162 valence electrons. The lowest BCUT2D eigenvalue weighted by atomic mass is 10.1. The van der Waals surface area contributed by atoms with Crippen molar-refractivity contribution in [2.45, 2.75) is 33.2 Å². The molecule has 0 aliphatic carbocycles. The van der Waals surface area contributed by atoms with Crippen LogP contribution in [0.3, 0.4) is 0 Å². The van der Waals surface area contributed by atoms with Crippen LogP contribution in [0.25, 0.3) is 0 Å². The number of unbranched alkanes of at least 4 members (excludes halogenated alkanes) is 1. The second-order valence-corrected chi connectivity index (χ2v) is 7.74. The van der Waals surface area contributed by atoms with E-state index < -0.39 is 0 Å². The summed E-state index contributed by atoms with van der Waals surface area (Å²) in [5, 5.41) is 6.97. The Morgan fingerprint density at radius 3 is 2.40 bits per heavy atom. The molecule has 0 spiro atoms. The van der Waals surface area contributed by atoms with E-state index >= 15 is 0 Å². The number of aliphatic imine (C=N–C) groups is 1. The summed E-state index contributed by atoms with van der Waals surface area (Å²) in [6.07, 6.45) is 5.94. The normalized spacial score (nSPS) is 15.3. The molecule has 0 bridgehead atoms. The number of guanidine groups is 1. The maximum Gasteiger partial charge on any atom is 0.225 e. The Balaban J connectivity index is 1.43. The zero-order valence-corrected chi connectivity index (χ0v) is 18.3. The minimum atomic E-state index is 0.692. The molecule has 0 saturated carbocycles. The Hall–Kier alpha value is -2.67. The summed E-state index contributed by atoms with van der Waals surface area (Å²) in [6, 6.07) is 10.4. The van der Waals surface area contributed by atoms with Crippen molar-refractivity contribution in [2.24, 2.45) is 4.99 Å². The third-order valence-corrected chi connectivity index (χ3v) is 5.29. The van der Waals surface area contributed by atoms with E-state index in [1.165, 1.54) is 17.5 Å². The number of aromatic nitrogens is 2. The van der Waals surface area contributed by atoms with Crippen LogP contribution in [0.1, 0.15) is 30.9 Å². The second-order valence-electron chi connectivity index (χ2n) is 7.74. The molecule has 0 unspecified atom stereocenters. The number of hydrogen-bond donors (Lipinski definition) is 2. The van der Waals surface area contributed by atoms with Crippen molar-refractivity contribution in [3.8, 4) is 0 Å². The molecule has 30 heavy (non-hydrogen) atoms. The molecule has 1 aliphatic rings. The van der Waals surface area contributed by atoms with E-state index in [2.05, 4.69) is 68.5 Å². The van der Waals surface area contributed by atoms with Gasteiger partial charge in [-0.3, -0.25) is 4.90 Å². The van der Waals surface area contributed by atoms with E-state index in [0.29, 0.717) is 6.54 Å². The van der Waals surface area contributed by atoms with Crippen LogP contribution < -0.4 is 15.5 Å². The molecule has 7 nitrogen and oxygen atoms in total. The fraction of sp³-hybridized carbons (Fsp3) is 0.522. The van der Waals surface area contributed by atoms with Gasteiger partial charge in [0.25, 0.3) is 0 Å². The van der Waals surface area contributed by atoms with Crippen molar-refractivity contribution in [3.63, 3.8) is 0 Å². The minimum absolute atomic E-state index is 0.692. The molecule has 2 aromatic rings. The number of rotatable bonds is 9. The van der Waals surface area contributed by atoms with Crippen LogP contribution >= 0.6 is 0 Å². The number of benzene rings is 1. The van der Waals surface area contributed by atoms with E-state index in [1.807, 2.05) is 18.5 Å². The van der Waals surface area contributed by atoms with E-state index in [4.69, 9.17) is 4.99 Å². The SMILES string of the molecule is CCCCNC(=NCc1ccc(C)cc1)NCCN1CCN(c2ncccn2)CC1. The molecular weight excluding hydrogens is 374 g/mol. The highest BCUT2D eigenvalue weighted by atomic mass is 15.3. The van der Waals surface area contributed by atoms with Gasteiger partial charge in [0, 0.05) is 58.2 Å². The summed E-state index contributed by atoms with van der Waals surface area (Å²) >= 11 is 0. The summed E-state index contributed by atoms with van der Waals surface area (Å²) in [5.74, 6) is 1.74. The monoisotopic (exact) mass is 409 g/mol. The highest BCUT2D eigenvalue weighted by molar-refractivity contribution is 5.79. The van der Waals surface area contributed by atoms with Crippen molar-refractivity contribution < 1.29 is 0 Å². The van der Waals surface area contributed by atoms with E-state index in [0.717, 1.165) is 64.1 Å². The van der Waals surface area contributed by atoms with Gasteiger partial charge in [0.1, 0.15) is 0 Å². The smallest absolute Gasteiger partial charge is 0.225 e. The molecule has 2 N–H and O–H groups in total. The molecule has 2 heterocycles. The Morgan fingerprint density at radius 1 is 1.00 bits per heavy atom. The molecular formula is C23H35N7.